The van der Waals surface area contributed by atoms with Crippen molar-refractivity contribution in [2.75, 3.05) is 31.5 Å². The van der Waals surface area contributed by atoms with Gasteiger partial charge in [0.05, 0.1) is 17.0 Å². The van der Waals surface area contributed by atoms with Gasteiger partial charge in [-0.25, -0.2) is 8.42 Å². The molecule has 2 aromatic rings. The lowest BCUT2D eigenvalue weighted by molar-refractivity contribution is -0.134. The minimum atomic E-state index is -3.83. The van der Waals surface area contributed by atoms with Crippen LogP contribution in [0.15, 0.2) is 47.4 Å². The van der Waals surface area contributed by atoms with E-state index in [9.17, 15) is 13.2 Å². The zero-order valence-electron chi connectivity index (χ0n) is 16.9. The zero-order chi connectivity index (χ0) is 21.7. The van der Waals surface area contributed by atoms with Gasteiger partial charge in [-0.1, -0.05) is 18.5 Å². The van der Waals surface area contributed by atoms with Gasteiger partial charge >= 0.3 is 0 Å². The van der Waals surface area contributed by atoms with E-state index in [0.29, 0.717) is 17.4 Å². The predicted molar refractivity (Wildman–Crippen MR) is 116 cm³/mol. The molecule has 0 atom stereocenters. The first kappa shape index (κ1) is 22.2. The van der Waals surface area contributed by atoms with Crippen molar-refractivity contribution in [3.05, 3.63) is 47.5 Å². The van der Waals surface area contributed by atoms with Crippen LogP contribution in [-0.4, -0.2) is 46.0 Å². The fourth-order valence-corrected chi connectivity index (χ4v) is 4.51. The molecule has 7 nitrogen and oxygen atoms in total. The van der Waals surface area contributed by atoms with Gasteiger partial charge in [-0.3, -0.25) is 9.52 Å². The average Bonchev–Trinajstić information content (AvgIpc) is 2.73. The maximum atomic E-state index is 12.6. The second kappa shape index (κ2) is 9.57. The highest BCUT2D eigenvalue weighted by molar-refractivity contribution is 7.92. The number of halogens is 1. The van der Waals surface area contributed by atoms with Crippen LogP contribution >= 0.6 is 11.6 Å². The summed E-state index contributed by atoms with van der Waals surface area (Å²) in [6, 6.07) is 10.7. The molecule has 1 N–H and O–H groups in total. The summed E-state index contributed by atoms with van der Waals surface area (Å²) in [4.78, 5) is 14.1. The standard InChI is InChI=1S/C21H25ClN2O5S/c1-15-9-11-24(12-10-15)21(25)14-29-20-8-7-18(13-19(20)22)30(26,27)23-16-3-5-17(28-2)6-4-16/h3-8,13,15,23H,9-12,14H2,1-2H3. The highest BCUT2D eigenvalue weighted by Crippen LogP contribution is 2.29. The smallest absolute Gasteiger partial charge is 0.261 e. The van der Waals surface area contributed by atoms with Gasteiger partial charge in [0.2, 0.25) is 0 Å². The van der Waals surface area contributed by atoms with Crippen LogP contribution < -0.4 is 14.2 Å². The number of anilines is 1. The Balaban J connectivity index is 1.62. The van der Waals surface area contributed by atoms with E-state index in [1.165, 1.54) is 25.3 Å². The van der Waals surface area contributed by atoms with Crippen LogP contribution in [0.2, 0.25) is 5.02 Å². The Hall–Kier alpha value is -2.45. The van der Waals surface area contributed by atoms with Gasteiger partial charge in [0.1, 0.15) is 11.5 Å². The van der Waals surface area contributed by atoms with E-state index in [4.69, 9.17) is 21.1 Å². The topological polar surface area (TPSA) is 84.9 Å². The van der Waals surface area contributed by atoms with Gasteiger partial charge in [0.15, 0.2) is 6.61 Å². The Morgan fingerprint density at radius 2 is 1.83 bits per heavy atom. The first-order valence-electron chi connectivity index (χ1n) is 9.65. The van der Waals surface area contributed by atoms with Gasteiger partial charge in [-0.15, -0.1) is 0 Å². The number of amides is 1. The van der Waals surface area contributed by atoms with E-state index in [1.807, 2.05) is 0 Å². The second-order valence-corrected chi connectivity index (χ2v) is 9.37. The van der Waals surface area contributed by atoms with Crippen molar-refractivity contribution in [2.24, 2.45) is 5.92 Å². The molecular weight excluding hydrogens is 428 g/mol. The Labute approximate surface area is 182 Å². The Morgan fingerprint density at radius 1 is 1.17 bits per heavy atom. The van der Waals surface area contributed by atoms with E-state index in [-0.39, 0.29) is 28.2 Å². The third-order valence-electron chi connectivity index (χ3n) is 5.04. The van der Waals surface area contributed by atoms with Crippen molar-refractivity contribution in [3.63, 3.8) is 0 Å². The molecule has 0 aliphatic carbocycles. The van der Waals surface area contributed by atoms with Crippen LogP contribution in [0, 0.1) is 5.92 Å². The number of likely N-dealkylation sites (tertiary alicyclic amines) is 1. The summed E-state index contributed by atoms with van der Waals surface area (Å²) in [5.41, 5.74) is 0.397. The Bertz CT molecular complexity index is 987. The third-order valence-corrected chi connectivity index (χ3v) is 6.72. The number of sulfonamides is 1. The van der Waals surface area contributed by atoms with Gasteiger partial charge < -0.3 is 14.4 Å². The van der Waals surface area contributed by atoms with Crippen molar-refractivity contribution in [1.29, 1.82) is 0 Å². The molecule has 1 saturated heterocycles. The lowest BCUT2D eigenvalue weighted by Gasteiger charge is -2.30. The molecule has 9 heteroatoms. The van der Waals surface area contributed by atoms with Gasteiger partial charge in [-0.05, 0) is 61.2 Å². The third kappa shape index (κ3) is 5.58. The second-order valence-electron chi connectivity index (χ2n) is 7.28. The van der Waals surface area contributed by atoms with Gasteiger partial charge in [-0.2, -0.15) is 0 Å². The zero-order valence-corrected chi connectivity index (χ0v) is 18.5. The van der Waals surface area contributed by atoms with Crippen LogP contribution in [0.5, 0.6) is 11.5 Å². The van der Waals surface area contributed by atoms with E-state index in [1.54, 1.807) is 29.2 Å². The van der Waals surface area contributed by atoms with Crippen LogP contribution in [0.3, 0.4) is 0 Å². The van der Waals surface area contributed by atoms with Crippen molar-refractivity contribution in [1.82, 2.24) is 4.90 Å². The number of carbonyl (C=O) groups is 1. The van der Waals surface area contributed by atoms with Crippen molar-refractivity contribution < 1.29 is 22.7 Å². The van der Waals surface area contributed by atoms with E-state index in [2.05, 4.69) is 11.6 Å². The van der Waals surface area contributed by atoms with Crippen molar-refractivity contribution in [3.8, 4) is 11.5 Å². The van der Waals surface area contributed by atoms with E-state index >= 15 is 0 Å². The molecule has 0 spiro atoms. The summed E-state index contributed by atoms with van der Waals surface area (Å²) in [6.45, 7) is 3.50. The monoisotopic (exact) mass is 452 g/mol. The molecule has 2 aromatic carbocycles. The first-order valence-corrected chi connectivity index (χ1v) is 11.5. The average molecular weight is 453 g/mol. The fourth-order valence-electron chi connectivity index (χ4n) is 3.13. The number of rotatable bonds is 7. The number of ether oxygens (including phenoxy) is 2. The molecule has 1 aliphatic heterocycles. The van der Waals surface area contributed by atoms with Crippen LogP contribution in [-0.2, 0) is 14.8 Å². The minimum Gasteiger partial charge on any atom is -0.497 e. The van der Waals surface area contributed by atoms with Gasteiger partial charge in [0.25, 0.3) is 15.9 Å². The molecule has 1 aliphatic rings. The Kier molecular flexibility index (Phi) is 7.10. The number of benzene rings is 2. The van der Waals surface area contributed by atoms with Crippen molar-refractivity contribution in [2.45, 2.75) is 24.7 Å². The number of piperidine rings is 1. The molecule has 1 amide bonds. The first-order chi connectivity index (χ1) is 14.3. The minimum absolute atomic E-state index is 0.00740. The predicted octanol–water partition coefficient (Wildman–Crippen LogP) is 3.79. The van der Waals surface area contributed by atoms with E-state index in [0.717, 1.165) is 25.9 Å². The Morgan fingerprint density at radius 3 is 2.43 bits per heavy atom. The molecular formula is C21H25ClN2O5S. The number of methoxy groups -OCH3 is 1. The maximum absolute atomic E-state index is 12.6. The van der Waals surface area contributed by atoms with Crippen molar-refractivity contribution >= 4 is 33.2 Å². The van der Waals surface area contributed by atoms with Crippen LogP contribution in [0.4, 0.5) is 5.69 Å². The quantitative estimate of drug-likeness (QED) is 0.690. The number of nitrogens with one attached hydrogen (secondary N) is 1. The van der Waals surface area contributed by atoms with Crippen LogP contribution in [0.25, 0.3) is 0 Å². The molecule has 30 heavy (non-hydrogen) atoms. The number of carbonyl (C=O) groups excluding carboxylic acids is 1. The summed E-state index contributed by atoms with van der Waals surface area (Å²) in [7, 11) is -2.30. The highest BCUT2D eigenvalue weighted by atomic mass is 35.5. The summed E-state index contributed by atoms with van der Waals surface area (Å²) in [5, 5.41) is 0.118. The maximum Gasteiger partial charge on any atom is 0.261 e. The molecule has 1 fully saturated rings. The number of hydrogen-bond acceptors (Lipinski definition) is 5. The van der Waals surface area contributed by atoms with E-state index < -0.39 is 10.0 Å². The summed E-state index contributed by atoms with van der Waals surface area (Å²) < 4.78 is 38.3. The molecule has 162 valence electrons. The van der Waals surface area contributed by atoms with Gasteiger partial charge in [0, 0.05) is 18.8 Å². The molecule has 3 rings (SSSR count). The molecule has 1 heterocycles. The molecule has 0 bridgehead atoms. The summed E-state index contributed by atoms with van der Waals surface area (Å²) >= 11 is 6.21. The lowest BCUT2D eigenvalue weighted by Crippen LogP contribution is -2.40. The number of hydrogen-bond donors (Lipinski definition) is 1. The largest absolute Gasteiger partial charge is 0.497 e. The molecule has 0 radical (unpaired) electrons. The SMILES string of the molecule is COc1ccc(NS(=O)(=O)c2ccc(OCC(=O)N3CCC(C)CC3)c(Cl)c2)cc1. The summed E-state index contributed by atoms with van der Waals surface area (Å²) in [6.07, 6.45) is 1.97. The van der Waals surface area contributed by atoms with Crippen LogP contribution in [0.1, 0.15) is 19.8 Å². The highest BCUT2D eigenvalue weighted by Gasteiger charge is 2.21. The summed E-state index contributed by atoms with van der Waals surface area (Å²) in [5.74, 6) is 1.41. The molecule has 0 unspecified atom stereocenters. The lowest BCUT2D eigenvalue weighted by atomic mass is 9.99. The molecule has 0 saturated carbocycles. The normalized spacial score (nSPS) is 15.0. The molecule has 0 aromatic heterocycles. The fraction of sp³-hybridized carbons (Fsp3) is 0.381. The number of nitrogens with zero attached hydrogens (tertiary/aromatic N) is 1.